The molecule has 2 aromatic carbocycles. The third-order valence-corrected chi connectivity index (χ3v) is 5.05. The zero-order valence-electron chi connectivity index (χ0n) is 11.8. The molecule has 108 valence electrons. The SMILES string of the molecule is CC1(C)C(=O)Nc2ccc(C(Br)c3ccc(F)cc3)cc21. The number of nitrogens with one attached hydrogen (secondary N) is 1. The molecular formula is C17H15BrFNO. The zero-order chi connectivity index (χ0) is 15.2. The molecule has 1 amide bonds. The van der Waals surface area contributed by atoms with E-state index in [9.17, 15) is 9.18 Å². The van der Waals surface area contributed by atoms with Gasteiger partial charge in [0.25, 0.3) is 0 Å². The third-order valence-electron chi connectivity index (χ3n) is 3.99. The number of benzene rings is 2. The first-order valence-electron chi connectivity index (χ1n) is 6.75. The Balaban J connectivity index is 2.00. The van der Waals surface area contributed by atoms with Crippen LogP contribution >= 0.6 is 15.9 Å². The number of anilines is 1. The third kappa shape index (κ3) is 2.38. The summed E-state index contributed by atoms with van der Waals surface area (Å²) in [5.74, 6) is -0.231. The standard InChI is InChI=1S/C17H15BrFNO/c1-17(2)13-9-11(5-8-14(13)20-16(17)21)15(18)10-3-6-12(19)7-4-10/h3-9,15H,1-2H3,(H,20,21). The van der Waals surface area contributed by atoms with Crippen molar-refractivity contribution in [2.45, 2.75) is 24.1 Å². The van der Waals surface area contributed by atoms with Gasteiger partial charge in [0.05, 0.1) is 10.2 Å². The molecule has 1 unspecified atom stereocenters. The van der Waals surface area contributed by atoms with E-state index in [1.807, 2.05) is 32.0 Å². The topological polar surface area (TPSA) is 29.1 Å². The van der Waals surface area contributed by atoms with Gasteiger partial charge in [0, 0.05) is 5.69 Å². The quantitative estimate of drug-likeness (QED) is 0.794. The van der Waals surface area contributed by atoms with Crippen LogP contribution in [0.4, 0.5) is 10.1 Å². The van der Waals surface area contributed by atoms with Gasteiger partial charge in [-0.3, -0.25) is 4.79 Å². The molecule has 0 spiro atoms. The van der Waals surface area contributed by atoms with Gasteiger partial charge in [0.2, 0.25) is 5.91 Å². The van der Waals surface area contributed by atoms with Crippen molar-refractivity contribution in [3.05, 3.63) is 65.0 Å². The summed E-state index contributed by atoms with van der Waals surface area (Å²) in [5.41, 5.74) is 3.36. The van der Waals surface area contributed by atoms with Crippen molar-refractivity contribution in [3.63, 3.8) is 0 Å². The fraction of sp³-hybridized carbons (Fsp3) is 0.235. The first-order chi connectivity index (χ1) is 9.89. The Kier molecular flexibility index (Phi) is 3.36. The molecule has 2 aromatic rings. The van der Waals surface area contributed by atoms with Crippen molar-refractivity contribution in [2.24, 2.45) is 0 Å². The summed E-state index contributed by atoms with van der Waals surface area (Å²) in [6, 6.07) is 12.4. The predicted molar refractivity (Wildman–Crippen MR) is 85.3 cm³/mol. The summed E-state index contributed by atoms with van der Waals surface area (Å²) < 4.78 is 13.0. The highest BCUT2D eigenvalue weighted by atomic mass is 79.9. The van der Waals surface area contributed by atoms with Crippen LogP contribution in [-0.2, 0) is 10.2 Å². The number of hydrogen-bond donors (Lipinski definition) is 1. The van der Waals surface area contributed by atoms with E-state index in [1.165, 1.54) is 12.1 Å². The fourth-order valence-corrected chi connectivity index (χ4v) is 3.16. The van der Waals surface area contributed by atoms with Crippen molar-refractivity contribution < 1.29 is 9.18 Å². The molecule has 1 aliphatic rings. The molecule has 21 heavy (non-hydrogen) atoms. The molecule has 0 fully saturated rings. The average molecular weight is 348 g/mol. The van der Waals surface area contributed by atoms with Crippen LogP contribution in [0.2, 0.25) is 0 Å². The molecule has 0 radical (unpaired) electrons. The number of halogens is 2. The van der Waals surface area contributed by atoms with Crippen LogP contribution < -0.4 is 5.32 Å². The lowest BCUT2D eigenvalue weighted by Gasteiger charge is -2.17. The molecular weight excluding hydrogens is 333 g/mol. The van der Waals surface area contributed by atoms with Gasteiger partial charge in [-0.25, -0.2) is 4.39 Å². The smallest absolute Gasteiger partial charge is 0.234 e. The van der Waals surface area contributed by atoms with E-state index in [-0.39, 0.29) is 16.6 Å². The van der Waals surface area contributed by atoms with E-state index in [2.05, 4.69) is 21.2 Å². The van der Waals surface area contributed by atoms with E-state index >= 15 is 0 Å². The van der Waals surface area contributed by atoms with E-state index in [4.69, 9.17) is 0 Å². The van der Waals surface area contributed by atoms with Crippen molar-refractivity contribution in [3.8, 4) is 0 Å². The molecule has 4 heteroatoms. The van der Waals surface area contributed by atoms with Crippen LogP contribution in [0, 0.1) is 5.82 Å². The lowest BCUT2D eigenvalue weighted by molar-refractivity contribution is -0.119. The Labute approximate surface area is 131 Å². The second-order valence-corrected chi connectivity index (χ2v) is 6.71. The minimum absolute atomic E-state index is 0.0163. The lowest BCUT2D eigenvalue weighted by atomic mass is 9.85. The highest BCUT2D eigenvalue weighted by Crippen LogP contribution is 2.40. The molecule has 0 saturated carbocycles. The summed E-state index contributed by atoms with van der Waals surface area (Å²) in [6.07, 6.45) is 0. The van der Waals surface area contributed by atoms with E-state index < -0.39 is 5.41 Å². The van der Waals surface area contributed by atoms with Gasteiger partial charge in [0.15, 0.2) is 0 Å². The van der Waals surface area contributed by atoms with Crippen molar-refractivity contribution in [1.82, 2.24) is 0 Å². The largest absolute Gasteiger partial charge is 0.325 e. The van der Waals surface area contributed by atoms with E-state index in [1.54, 1.807) is 12.1 Å². The van der Waals surface area contributed by atoms with Crippen LogP contribution in [0.1, 0.15) is 35.4 Å². The normalized spacial score (nSPS) is 17.2. The molecule has 2 nitrogen and oxygen atoms in total. The Hall–Kier alpha value is -1.68. The second kappa shape index (κ2) is 4.95. The summed E-state index contributed by atoms with van der Waals surface area (Å²) >= 11 is 3.65. The van der Waals surface area contributed by atoms with Crippen molar-refractivity contribution in [2.75, 3.05) is 5.32 Å². The predicted octanol–water partition coefficient (Wildman–Crippen LogP) is 4.54. The molecule has 1 N–H and O–H groups in total. The molecule has 1 atom stereocenters. The minimum atomic E-state index is -0.527. The Bertz CT molecular complexity index is 709. The van der Waals surface area contributed by atoms with Gasteiger partial charge in [-0.2, -0.15) is 0 Å². The van der Waals surface area contributed by atoms with Gasteiger partial charge >= 0.3 is 0 Å². The highest BCUT2D eigenvalue weighted by molar-refractivity contribution is 9.09. The second-order valence-electron chi connectivity index (χ2n) is 5.80. The van der Waals surface area contributed by atoms with Gasteiger partial charge in [-0.15, -0.1) is 0 Å². The van der Waals surface area contributed by atoms with Gasteiger partial charge < -0.3 is 5.32 Å². The molecule has 1 aliphatic heterocycles. The van der Waals surface area contributed by atoms with Crippen LogP contribution in [0.3, 0.4) is 0 Å². The first-order valence-corrected chi connectivity index (χ1v) is 7.66. The van der Waals surface area contributed by atoms with Crippen LogP contribution in [0.15, 0.2) is 42.5 Å². The Morgan fingerprint density at radius 2 is 1.71 bits per heavy atom. The average Bonchev–Trinajstić information content (AvgIpc) is 2.69. The molecule has 1 heterocycles. The molecule has 0 saturated heterocycles. The summed E-state index contributed by atoms with van der Waals surface area (Å²) in [7, 11) is 0. The van der Waals surface area contributed by atoms with Crippen molar-refractivity contribution >= 4 is 27.5 Å². The number of hydrogen-bond acceptors (Lipinski definition) is 1. The number of fused-ring (bicyclic) bond motifs is 1. The lowest BCUT2D eigenvalue weighted by Crippen LogP contribution is -2.26. The Morgan fingerprint density at radius 1 is 1.10 bits per heavy atom. The van der Waals surface area contributed by atoms with Crippen molar-refractivity contribution in [1.29, 1.82) is 0 Å². The number of alkyl halides is 1. The zero-order valence-corrected chi connectivity index (χ0v) is 13.4. The van der Waals surface area contributed by atoms with Crippen LogP contribution in [0.5, 0.6) is 0 Å². The number of carbonyl (C=O) groups excluding carboxylic acids is 1. The number of carbonyl (C=O) groups is 1. The van der Waals surface area contributed by atoms with Crippen LogP contribution in [-0.4, -0.2) is 5.91 Å². The maximum atomic E-state index is 13.0. The first kappa shape index (κ1) is 14.3. The van der Waals surface area contributed by atoms with E-state index in [0.29, 0.717) is 0 Å². The monoisotopic (exact) mass is 347 g/mol. The summed E-state index contributed by atoms with van der Waals surface area (Å²) in [4.78, 5) is 11.9. The van der Waals surface area contributed by atoms with Gasteiger partial charge in [0.1, 0.15) is 5.82 Å². The minimum Gasteiger partial charge on any atom is -0.325 e. The molecule has 0 aliphatic carbocycles. The van der Waals surface area contributed by atoms with Crippen LogP contribution in [0.25, 0.3) is 0 Å². The Morgan fingerprint density at radius 3 is 2.38 bits per heavy atom. The molecule has 3 rings (SSSR count). The summed E-state index contributed by atoms with van der Waals surface area (Å²) in [6.45, 7) is 3.83. The highest BCUT2D eigenvalue weighted by Gasteiger charge is 2.38. The fourth-order valence-electron chi connectivity index (χ4n) is 2.57. The number of rotatable bonds is 2. The molecule has 0 aromatic heterocycles. The van der Waals surface area contributed by atoms with Gasteiger partial charge in [-0.05, 0) is 48.7 Å². The van der Waals surface area contributed by atoms with E-state index in [0.717, 1.165) is 22.4 Å². The molecule has 0 bridgehead atoms. The maximum absolute atomic E-state index is 13.0. The number of amides is 1. The van der Waals surface area contributed by atoms with Gasteiger partial charge in [-0.1, -0.05) is 40.2 Å². The maximum Gasteiger partial charge on any atom is 0.234 e. The summed E-state index contributed by atoms with van der Waals surface area (Å²) in [5, 5.41) is 2.90.